The number of rotatable bonds is 7. The van der Waals surface area contributed by atoms with Crippen molar-refractivity contribution < 1.29 is 9.53 Å². The van der Waals surface area contributed by atoms with Gasteiger partial charge in [0.1, 0.15) is 5.75 Å². The first-order valence-corrected chi connectivity index (χ1v) is 7.01. The van der Waals surface area contributed by atoms with Gasteiger partial charge in [0.05, 0.1) is 12.9 Å². The molecule has 4 heteroatoms. The van der Waals surface area contributed by atoms with Crippen LogP contribution in [-0.4, -0.2) is 24.5 Å². The maximum atomic E-state index is 11.6. The van der Waals surface area contributed by atoms with Crippen molar-refractivity contribution in [2.45, 2.75) is 13.5 Å². The molecule has 0 aliphatic heterocycles. The Labute approximate surface area is 113 Å². The number of ether oxygens (including phenoxy) is 1. The van der Waals surface area contributed by atoms with Gasteiger partial charge in [0.15, 0.2) is 0 Å². The summed E-state index contributed by atoms with van der Waals surface area (Å²) in [6.07, 6.45) is 4.03. The van der Waals surface area contributed by atoms with Crippen molar-refractivity contribution in [2.24, 2.45) is 0 Å². The number of para-hydroxylation sites is 1. The highest BCUT2D eigenvalue weighted by Gasteiger charge is 2.04. The van der Waals surface area contributed by atoms with Crippen LogP contribution in [0.5, 0.6) is 5.75 Å². The summed E-state index contributed by atoms with van der Waals surface area (Å²) >= 11 is 1.60. The predicted molar refractivity (Wildman–Crippen MR) is 77.0 cm³/mol. The summed E-state index contributed by atoms with van der Waals surface area (Å²) in [7, 11) is 1.63. The summed E-state index contributed by atoms with van der Waals surface area (Å²) in [5, 5.41) is 2.89. The lowest BCUT2D eigenvalue weighted by Crippen LogP contribution is -2.24. The van der Waals surface area contributed by atoms with E-state index >= 15 is 0 Å². The lowest BCUT2D eigenvalue weighted by molar-refractivity contribution is -0.118. The molecular formula is C14H19NO2S. The number of allylic oxidation sites excluding steroid dienone is 1. The fraction of sp³-hybridized carbons (Fsp3) is 0.357. The molecule has 0 bridgehead atoms. The van der Waals surface area contributed by atoms with Crippen LogP contribution in [0.15, 0.2) is 36.4 Å². The van der Waals surface area contributed by atoms with Crippen LogP contribution in [0, 0.1) is 0 Å². The summed E-state index contributed by atoms with van der Waals surface area (Å²) in [5.74, 6) is 2.22. The Balaban J connectivity index is 2.33. The summed E-state index contributed by atoms with van der Waals surface area (Å²) in [6, 6.07) is 7.69. The quantitative estimate of drug-likeness (QED) is 0.608. The van der Waals surface area contributed by atoms with E-state index in [9.17, 15) is 4.79 Å². The maximum absolute atomic E-state index is 11.6. The maximum Gasteiger partial charge on any atom is 0.230 e. The third-order valence-corrected chi connectivity index (χ3v) is 3.25. The second-order valence-electron chi connectivity index (χ2n) is 3.67. The Morgan fingerprint density at radius 2 is 2.22 bits per heavy atom. The lowest BCUT2D eigenvalue weighted by atomic mass is 10.2. The van der Waals surface area contributed by atoms with Crippen molar-refractivity contribution in [3.63, 3.8) is 0 Å². The van der Waals surface area contributed by atoms with Gasteiger partial charge in [-0.3, -0.25) is 4.79 Å². The largest absolute Gasteiger partial charge is 0.496 e. The third-order valence-electron chi connectivity index (χ3n) is 2.35. The number of carbonyl (C=O) groups is 1. The minimum atomic E-state index is 0.0513. The molecule has 0 aromatic heterocycles. The van der Waals surface area contributed by atoms with Gasteiger partial charge < -0.3 is 10.1 Å². The molecular weight excluding hydrogens is 246 g/mol. The molecule has 1 rings (SSSR count). The molecule has 18 heavy (non-hydrogen) atoms. The second-order valence-corrected chi connectivity index (χ2v) is 4.70. The minimum Gasteiger partial charge on any atom is -0.496 e. The minimum absolute atomic E-state index is 0.0513. The number of nitrogens with one attached hydrogen (secondary N) is 1. The first-order chi connectivity index (χ1) is 8.77. The molecule has 3 nitrogen and oxygen atoms in total. The Kier molecular flexibility index (Phi) is 7.03. The highest BCUT2D eigenvalue weighted by atomic mass is 32.2. The first-order valence-electron chi connectivity index (χ1n) is 5.85. The first kappa shape index (κ1) is 14.6. The van der Waals surface area contributed by atoms with Crippen molar-refractivity contribution >= 4 is 17.7 Å². The molecule has 0 saturated carbocycles. The van der Waals surface area contributed by atoms with Gasteiger partial charge in [-0.2, -0.15) is 0 Å². The van der Waals surface area contributed by atoms with Crippen LogP contribution >= 0.6 is 11.8 Å². The number of methoxy groups -OCH3 is 1. The molecule has 0 aliphatic carbocycles. The molecule has 1 aromatic carbocycles. The molecule has 0 atom stereocenters. The molecule has 0 heterocycles. The number of benzene rings is 1. The Morgan fingerprint density at radius 1 is 1.44 bits per heavy atom. The summed E-state index contributed by atoms with van der Waals surface area (Å²) in [5.41, 5.74) is 0.992. The van der Waals surface area contributed by atoms with E-state index in [4.69, 9.17) is 4.74 Å². The smallest absolute Gasteiger partial charge is 0.230 e. The van der Waals surface area contributed by atoms with Gasteiger partial charge in [0.25, 0.3) is 0 Å². The van der Waals surface area contributed by atoms with Crippen LogP contribution in [0.4, 0.5) is 0 Å². The summed E-state index contributed by atoms with van der Waals surface area (Å²) in [4.78, 5) is 11.6. The van der Waals surface area contributed by atoms with Gasteiger partial charge in [-0.1, -0.05) is 30.4 Å². The molecule has 0 radical (unpaired) electrons. The molecule has 0 fully saturated rings. The monoisotopic (exact) mass is 265 g/mol. The standard InChI is InChI=1S/C14H19NO2S/c1-3-4-9-18-11-14(16)15-10-12-7-5-6-8-13(12)17-2/h3-8H,9-11H2,1-2H3,(H,15,16)/b4-3+. The average Bonchev–Trinajstić information content (AvgIpc) is 2.41. The van der Waals surface area contributed by atoms with E-state index in [-0.39, 0.29) is 5.91 Å². The second kappa shape index (κ2) is 8.64. The van der Waals surface area contributed by atoms with Gasteiger partial charge in [-0.25, -0.2) is 0 Å². The van der Waals surface area contributed by atoms with Crippen LogP contribution in [0.25, 0.3) is 0 Å². The van der Waals surface area contributed by atoms with E-state index in [0.717, 1.165) is 17.1 Å². The zero-order valence-electron chi connectivity index (χ0n) is 10.8. The number of amides is 1. The van der Waals surface area contributed by atoms with Crippen molar-refractivity contribution in [3.8, 4) is 5.75 Å². The van der Waals surface area contributed by atoms with Crippen molar-refractivity contribution in [2.75, 3.05) is 18.6 Å². The third kappa shape index (κ3) is 5.27. The number of hydrogen-bond donors (Lipinski definition) is 1. The number of hydrogen-bond acceptors (Lipinski definition) is 3. The molecule has 0 saturated heterocycles. The van der Waals surface area contributed by atoms with Gasteiger partial charge in [0, 0.05) is 17.9 Å². The van der Waals surface area contributed by atoms with Gasteiger partial charge >= 0.3 is 0 Å². The number of carbonyl (C=O) groups excluding carboxylic acids is 1. The molecule has 98 valence electrons. The zero-order chi connectivity index (χ0) is 13.2. The Hall–Kier alpha value is -1.42. The van der Waals surface area contributed by atoms with E-state index < -0.39 is 0 Å². The summed E-state index contributed by atoms with van der Waals surface area (Å²) < 4.78 is 5.23. The van der Waals surface area contributed by atoms with E-state index in [1.807, 2.05) is 43.3 Å². The topological polar surface area (TPSA) is 38.3 Å². The van der Waals surface area contributed by atoms with Crippen LogP contribution in [0.1, 0.15) is 12.5 Å². The fourth-order valence-electron chi connectivity index (χ4n) is 1.41. The SMILES string of the molecule is C/C=C/CSCC(=O)NCc1ccccc1OC. The van der Waals surface area contributed by atoms with Gasteiger partial charge in [-0.05, 0) is 13.0 Å². The van der Waals surface area contributed by atoms with Gasteiger partial charge in [-0.15, -0.1) is 11.8 Å². The Morgan fingerprint density at radius 3 is 2.94 bits per heavy atom. The molecule has 0 unspecified atom stereocenters. The molecule has 0 spiro atoms. The van der Waals surface area contributed by atoms with Crippen LogP contribution in [-0.2, 0) is 11.3 Å². The van der Waals surface area contributed by atoms with Crippen LogP contribution in [0.3, 0.4) is 0 Å². The molecule has 1 aromatic rings. The highest BCUT2D eigenvalue weighted by molar-refractivity contribution is 8.00. The fourth-order valence-corrected chi connectivity index (χ4v) is 2.14. The highest BCUT2D eigenvalue weighted by Crippen LogP contribution is 2.16. The lowest BCUT2D eigenvalue weighted by Gasteiger charge is -2.09. The van der Waals surface area contributed by atoms with E-state index in [1.54, 1.807) is 18.9 Å². The molecule has 1 amide bonds. The average molecular weight is 265 g/mol. The zero-order valence-corrected chi connectivity index (χ0v) is 11.6. The van der Waals surface area contributed by atoms with Crippen LogP contribution < -0.4 is 10.1 Å². The predicted octanol–water partition coefficient (Wildman–Crippen LogP) is 2.62. The van der Waals surface area contributed by atoms with Crippen molar-refractivity contribution in [3.05, 3.63) is 42.0 Å². The summed E-state index contributed by atoms with van der Waals surface area (Å²) in [6.45, 7) is 2.48. The van der Waals surface area contributed by atoms with Gasteiger partial charge in [0.2, 0.25) is 5.91 Å². The van der Waals surface area contributed by atoms with Crippen molar-refractivity contribution in [1.29, 1.82) is 0 Å². The normalized spacial score (nSPS) is 10.6. The van der Waals surface area contributed by atoms with Crippen molar-refractivity contribution in [1.82, 2.24) is 5.32 Å². The van der Waals surface area contributed by atoms with Crippen LogP contribution in [0.2, 0.25) is 0 Å². The van der Waals surface area contributed by atoms with E-state index in [1.165, 1.54) is 0 Å². The molecule has 1 N–H and O–H groups in total. The molecule has 0 aliphatic rings. The van der Waals surface area contributed by atoms with E-state index in [0.29, 0.717) is 12.3 Å². The number of thioether (sulfide) groups is 1. The van der Waals surface area contributed by atoms with E-state index in [2.05, 4.69) is 5.32 Å². The Bertz CT molecular complexity index is 405.